The summed E-state index contributed by atoms with van der Waals surface area (Å²) in [5.41, 5.74) is 1.90. The van der Waals surface area contributed by atoms with Crippen LogP contribution in [0.4, 0.5) is 5.69 Å². The fourth-order valence-corrected chi connectivity index (χ4v) is 3.96. The van der Waals surface area contributed by atoms with Crippen LogP contribution in [0.15, 0.2) is 22.7 Å². The van der Waals surface area contributed by atoms with Crippen molar-refractivity contribution in [2.75, 3.05) is 18.0 Å². The maximum absolute atomic E-state index is 11.0. The van der Waals surface area contributed by atoms with Gasteiger partial charge in [0.15, 0.2) is 0 Å². The van der Waals surface area contributed by atoms with Crippen molar-refractivity contribution >= 4 is 27.6 Å². The summed E-state index contributed by atoms with van der Waals surface area (Å²) in [4.78, 5) is 13.3. The van der Waals surface area contributed by atoms with Crippen LogP contribution in [0.5, 0.6) is 0 Å². The van der Waals surface area contributed by atoms with Crippen molar-refractivity contribution in [3.63, 3.8) is 0 Å². The molecule has 1 aromatic rings. The molecule has 0 atom stereocenters. The van der Waals surface area contributed by atoms with Crippen molar-refractivity contribution in [1.29, 1.82) is 0 Å². The van der Waals surface area contributed by atoms with Gasteiger partial charge in [-0.2, -0.15) is 0 Å². The Morgan fingerprint density at radius 2 is 1.90 bits per heavy atom. The number of halogens is 1. The first-order chi connectivity index (χ1) is 9.51. The first-order valence-corrected chi connectivity index (χ1v) is 8.08. The molecule has 2 rings (SSSR count). The van der Waals surface area contributed by atoms with Crippen LogP contribution in [0.1, 0.15) is 49.9 Å². The normalized spacial score (nSPS) is 16.9. The van der Waals surface area contributed by atoms with E-state index in [4.69, 9.17) is 5.11 Å². The summed E-state index contributed by atoms with van der Waals surface area (Å²) in [5.74, 6) is -0.882. The SMILES string of the molecule is CCCC1(CCC)CN(c2ccc(C(=O)O)cc2Br)C1. The van der Waals surface area contributed by atoms with Crippen molar-refractivity contribution in [2.45, 2.75) is 39.5 Å². The van der Waals surface area contributed by atoms with Gasteiger partial charge in [0.05, 0.1) is 11.3 Å². The number of carboxylic acid groups (broad SMARTS) is 1. The van der Waals surface area contributed by atoms with Crippen LogP contribution in [0.25, 0.3) is 0 Å². The molecular formula is C16H22BrNO2. The van der Waals surface area contributed by atoms with Gasteiger partial charge in [-0.15, -0.1) is 0 Å². The van der Waals surface area contributed by atoms with E-state index >= 15 is 0 Å². The highest BCUT2D eigenvalue weighted by Crippen LogP contribution is 2.43. The number of anilines is 1. The Labute approximate surface area is 129 Å². The fourth-order valence-electron chi connectivity index (χ4n) is 3.33. The molecule has 1 heterocycles. The van der Waals surface area contributed by atoms with Crippen LogP contribution < -0.4 is 4.90 Å². The lowest BCUT2D eigenvalue weighted by Gasteiger charge is -2.52. The number of hydrogen-bond acceptors (Lipinski definition) is 2. The molecule has 1 N–H and O–H groups in total. The van der Waals surface area contributed by atoms with Gasteiger partial charge in [-0.1, -0.05) is 26.7 Å². The van der Waals surface area contributed by atoms with Gasteiger partial charge in [0.25, 0.3) is 0 Å². The van der Waals surface area contributed by atoms with Gasteiger partial charge in [0, 0.05) is 23.0 Å². The smallest absolute Gasteiger partial charge is 0.335 e. The number of nitrogens with zero attached hydrogens (tertiary/aromatic N) is 1. The minimum Gasteiger partial charge on any atom is -0.478 e. The summed E-state index contributed by atoms with van der Waals surface area (Å²) in [5, 5.41) is 9.00. The summed E-state index contributed by atoms with van der Waals surface area (Å²) < 4.78 is 0.874. The molecule has 1 aliphatic rings. The van der Waals surface area contributed by atoms with Crippen molar-refractivity contribution in [1.82, 2.24) is 0 Å². The van der Waals surface area contributed by atoms with Crippen LogP contribution in [-0.4, -0.2) is 24.2 Å². The number of benzene rings is 1. The lowest BCUT2D eigenvalue weighted by Crippen LogP contribution is -2.56. The Morgan fingerprint density at radius 3 is 2.35 bits per heavy atom. The molecule has 4 heteroatoms. The highest BCUT2D eigenvalue weighted by atomic mass is 79.9. The molecule has 1 fully saturated rings. The molecular weight excluding hydrogens is 318 g/mol. The number of carboxylic acids is 1. The van der Waals surface area contributed by atoms with Crippen LogP contribution in [0, 0.1) is 5.41 Å². The average molecular weight is 340 g/mol. The van der Waals surface area contributed by atoms with E-state index in [0.29, 0.717) is 11.0 Å². The molecule has 1 saturated heterocycles. The molecule has 1 aromatic carbocycles. The second-order valence-electron chi connectivity index (χ2n) is 5.83. The third-order valence-electron chi connectivity index (χ3n) is 4.15. The van der Waals surface area contributed by atoms with E-state index in [2.05, 4.69) is 34.7 Å². The molecule has 110 valence electrons. The summed E-state index contributed by atoms with van der Waals surface area (Å²) in [6.07, 6.45) is 5.02. The van der Waals surface area contributed by atoms with E-state index in [-0.39, 0.29) is 0 Å². The number of rotatable bonds is 6. The van der Waals surface area contributed by atoms with Crippen LogP contribution in [0.3, 0.4) is 0 Å². The van der Waals surface area contributed by atoms with Crippen LogP contribution in [-0.2, 0) is 0 Å². The Balaban J connectivity index is 2.10. The Morgan fingerprint density at radius 1 is 1.30 bits per heavy atom. The number of carbonyl (C=O) groups is 1. The van der Waals surface area contributed by atoms with Gasteiger partial charge >= 0.3 is 5.97 Å². The third-order valence-corrected chi connectivity index (χ3v) is 4.78. The molecule has 3 nitrogen and oxygen atoms in total. The van der Waals surface area contributed by atoms with E-state index in [1.54, 1.807) is 12.1 Å². The number of hydrogen-bond donors (Lipinski definition) is 1. The lowest BCUT2D eigenvalue weighted by molar-refractivity contribution is 0.0697. The molecule has 0 saturated carbocycles. The molecule has 0 unspecified atom stereocenters. The van der Waals surface area contributed by atoms with Gasteiger partial charge in [0.1, 0.15) is 0 Å². The summed E-state index contributed by atoms with van der Waals surface area (Å²) in [7, 11) is 0. The van der Waals surface area contributed by atoms with Gasteiger partial charge in [-0.3, -0.25) is 0 Å². The predicted octanol–water partition coefficient (Wildman–Crippen LogP) is 4.55. The Bertz CT molecular complexity index is 487. The summed E-state index contributed by atoms with van der Waals surface area (Å²) in [6.45, 7) is 6.66. The largest absolute Gasteiger partial charge is 0.478 e. The zero-order valence-electron chi connectivity index (χ0n) is 12.2. The molecule has 0 aromatic heterocycles. The highest BCUT2D eigenvalue weighted by Gasteiger charge is 2.41. The standard InChI is InChI=1S/C16H22BrNO2/c1-3-7-16(8-4-2)10-18(11-16)14-6-5-12(15(19)20)9-13(14)17/h5-6,9H,3-4,7-8,10-11H2,1-2H3,(H,19,20). The van der Waals surface area contributed by atoms with E-state index < -0.39 is 5.97 Å². The Kier molecular flexibility index (Phi) is 4.74. The third kappa shape index (κ3) is 3.00. The molecule has 20 heavy (non-hydrogen) atoms. The van der Waals surface area contributed by atoms with Crippen molar-refractivity contribution in [3.05, 3.63) is 28.2 Å². The molecule has 0 radical (unpaired) electrons. The van der Waals surface area contributed by atoms with E-state index in [1.165, 1.54) is 25.7 Å². The van der Waals surface area contributed by atoms with Gasteiger partial charge in [-0.25, -0.2) is 4.79 Å². The maximum Gasteiger partial charge on any atom is 0.335 e. The van der Waals surface area contributed by atoms with E-state index in [1.807, 2.05) is 6.07 Å². The first-order valence-electron chi connectivity index (χ1n) is 7.29. The van der Waals surface area contributed by atoms with Crippen molar-refractivity contribution < 1.29 is 9.90 Å². The minimum absolute atomic E-state index is 0.328. The molecule has 0 bridgehead atoms. The second-order valence-corrected chi connectivity index (χ2v) is 6.68. The van der Waals surface area contributed by atoms with E-state index in [9.17, 15) is 4.79 Å². The van der Waals surface area contributed by atoms with Gasteiger partial charge < -0.3 is 10.0 Å². The summed E-state index contributed by atoms with van der Waals surface area (Å²) in [6, 6.07) is 5.29. The van der Waals surface area contributed by atoms with Crippen molar-refractivity contribution in [2.24, 2.45) is 5.41 Å². The highest BCUT2D eigenvalue weighted by molar-refractivity contribution is 9.10. The average Bonchev–Trinajstić information content (AvgIpc) is 2.35. The summed E-state index contributed by atoms with van der Waals surface area (Å²) >= 11 is 3.50. The molecule has 0 amide bonds. The first kappa shape index (κ1) is 15.4. The molecule has 1 aliphatic heterocycles. The zero-order chi connectivity index (χ0) is 14.8. The monoisotopic (exact) mass is 339 g/mol. The molecule has 0 aliphatic carbocycles. The van der Waals surface area contributed by atoms with Crippen molar-refractivity contribution in [3.8, 4) is 0 Å². The predicted molar refractivity (Wildman–Crippen MR) is 85.6 cm³/mol. The van der Waals surface area contributed by atoms with Crippen LogP contribution in [0.2, 0.25) is 0 Å². The maximum atomic E-state index is 11.0. The zero-order valence-corrected chi connectivity index (χ0v) is 13.7. The minimum atomic E-state index is -0.882. The quantitative estimate of drug-likeness (QED) is 0.826. The Hall–Kier alpha value is -1.03. The van der Waals surface area contributed by atoms with Crippen LogP contribution >= 0.6 is 15.9 Å². The van der Waals surface area contributed by atoms with E-state index in [0.717, 1.165) is 23.2 Å². The second kappa shape index (κ2) is 6.17. The van der Waals surface area contributed by atoms with Gasteiger partial charge in [0.2, 0.25) is 0 Å². The fraction of sp³-hybridized carbons (Fsp3) is 0.562. The topological polar surface area (TPSA) is 40.5 Å². The lowest BCUT2D eigenvalue weighted by atomic mass is 9.72. The molecule has 0 spiro atoms. The van der Waals surface area contributed by atoms with Gasteiger partial charge in [-0.05, 0) is 47.0 Å². The number of aromatic carboxylic acids is 1.